The van der Waals surface area contributed by atoms with E-state index in [0.717, 1.165) is 31.0 Å². The van der Waals surface area contributed by atoms with Crippen molar-refractivity contribution in [2.75, 3.05) is 26.2 Å². The highest BCUT2D eigenvalue weighted by Crippen LogP contribution is 2.15. The lowest BCUT2D eigenvalue weighted by Crippen LogP contribution is -2.38. The number of likely N-dealkylation sites (tertiary alicyclic amines) is 1. The largest absolute Gasteiger partial charge is 0.338 e. The van der Waals surface area contributed by atoms with Crippen molar-refractivity contribution in [1.82, 2.24) is 15.5 Å². The predicted molar refractivity (Wildman–Crippen MR) is 91.1 cm³/mol. The second-order valence-corrected chi connectivity index (χ2v) is 6.55. The van der Waals surface area contributed by atoms with Gasteiger partial charge in [0.05, 0.1) is 0 Å². The van der Waals surface area contributed by atoms with Crippen molar-refractivity contribution in [1.29, 1.82) is 0 Å². The van der Waals surface area contributed by atoms with Crippen molar-refractivity contribution in [3.63, 3.8) is 0 Å². The minimum Gasteiger partial charge on any atom is -0.338 e. The van der Waals surface area contributed by atoms with E-state index in [2.05, 4.69) is 22.5 Å². The number of rotatable bonds is 6. The Kier molecular flexibility index (Phi) is 7.00. The zero-order valence-electron chi connectivity index (χ0n) is 13.3. The van der Waals surface area contributed by atoms with Gasteiger partial charge >= 0.3 is 6.03 Å². The number of nitrogens with one attached hydrogen (secondary N) is 2. The zero-order chi connectivity index (χ0) is 15.8. The van der Waals surface area contributed by atoms with E-state index in [1.165, 1.54) is 25.9 Å². The van der Waals surface area contributed by atoms with Crippen LogP contribution in [0.25, 0.3) is 0 Å². The van der Waals surface area contributed by atoms with Crippen LogP contribution < -0.4 is 10.6 Å². The third-order valence-electron chi connectivity index (χ3n) is 4.18. The van der Waals surface area contributed by atoms with Crippen molar-refractivity contribution in [3.05, 3.63) is 34.9 Å². The number of hydrogen-bond donors (Lipinski definition) is 2. The number of nitrogens with zero attached hydrogens (tertiary/aromatic N) is 1. The van der Waals surface area contributed by atoms with Gasteiger partial charge in [0, 0.05) is 18.1 Å². The normalized spacial score (nSPS) is 16.5. The molecule has 0 atom stereocenters. The maximum Gasteiger partial charge on any atom is 0.315 e. The Morgan fingerprint density at radius 1 is 1.23 bits per heavy atom. The van der Waals surface area contributed by atoms with Crippen molar-refractivity contribution < 1.29 is 4.79 Å². The average Bonchev–Trinajstić information content (AvgIpc) is 2.53. The summed E-state index contributed by atoms with van der Waals surface area (Å²) in [5.41, 5.74) is 1.04. The number of benzene rings is 1. The SMILES string of the molecule is CC1CCN(CCCNC(=O)NCc2ccc(Cl)cc2)CC1. The molecule has 1 aliphatic rings. The molecule has 0 bridgehead atoms. The highest BCUT2D eigenvalue weighted by Gasteiger charge is 2.14. The van der Waals surface area contributed by atoms with Crippen LogP contribution in [-0.4, -0.2) is 37.1 Å². The summed E-state index contributed by atoms with van der Waals surface area (Å²) in [6.07, 6.45) is 3.60. The predicted octanol–water partition coefficient (Wildman–Crippen LogP) is 3.26. The van der Waals surface area contributed by atoms with Gasteiger partial charge in [0.2, 0.25) is 0 Å². The van der Waals surface area contributed by atoms with Crippen molar-refractivity contribution in [2.45, 2.75) is 32.7 Å². The molecule has 1 aliphatic heterocycles. The van der Waals surface area contributed by atoms with Gasteiger partial charge in [-0.15, -0.1) is 0 Å². The fraction of sp³-hybridized carbons (Fsp3) is 0.588. The molecule has 22 heavy (non-hydrogen) atoms. The van der Waals surface area contributed by atoms with Crippen LogP contribution in [0.5, 0.6) is 0 Å². The van der Waals surface area contributed by atoms with E-state index >= 15 is 0 Å². The van der Waals surface area contributed by atoms with Crippen molar-refractivity contribution in [2.24, 2.45) is 5.92 Å². The fourth-order valence-corrected chi connectivity index (χ4v) is 2.76. The Labute approximate surface area is 138 Å². The summed E-state index contributed by atoms with van der Waals surface area (Å²) in [4.78, 5) is 14.2. The van der Waals surface area contributed by atoms with E-state index in [-0.39, 0.29) is 6.03 Å². The first kappa shape index (κ1) is 17.1. The van der Waals surface area contributed by atoms with E-state index in [0.29, 0.717) is 11.6 Å². The van der Waals surface area contributed by atoms with Gasteiger partial charge in [-0.3, -0.25) is 0 Å². The summed E-state index contributed by atoms with van der Waals surface area (Å²) in [7, 11) is 0. The molecule has 2 rings (SSSR count). The number of urea groups is 1. The molecule has 1 fully saturated rings. The Bertz CT molecular complexity index is 455. The summed E-state index contributed by atoms with van der Waals surface area (Å²) in [6, 6.07) is 7.38. The highest BCUT2D eigenvalue weighted by molar-refractivity contribution is 6.30. The van der Waals surface area contributed by atoms with Crippen molar-refractivity contribution >= 4 is 17.6 Å². The molecule has 0 radical (unpaired) electrons. The van der Waals surface area contributed by atoms with E-state index < -0.39 is 0 Å². The molecule has 1 aromatic rings. The lowest BCUT2D eigenvalue weighted by atomic mass is 9.99. The Balaban J connectivity index is 1.53. The monoisotopic (exact) mass is 323 g/mol. The molecule has 1 saturated heterocycles. The quantitative estimate of drug-likeness (QED) is 0.789. The molecule has 122 valence electrons. The van der Waals surface area contributed by atoms with Gasteiger partial charge in [0.1, 0.15) is 0 Å². The van der Waals surface area contributed by atoms with E-state index in [4.69, 9.17) is 11.6 Å². The van der Waals surface area contributed by atoms with Gasteiger partial charge in [-0.25, -0.2) is 4.79 Å². The average molecular weight is 324 g/mol. The summed E-state index contributed by atoms with van der Waals surface area (Å²) in [5.74, 6) is 0.869. The number of carbonyl (C=O) groups excluding carboxylic acids is 1. The number of amides is 2. The molecule has 5 heteroatoms. The fourth-order valence-electron chi connectivity index (χ4n) is 2.64. The third kappa shape index (κ3) is 6.24. The molecule has 0 saturated carbocycles. The van der Waals surface area contributed by atoms with Crippen LogP contribution in [0, 0.1) is 5.92 Å². The van der Waals surface area contributed by atoms with Crippen LogP contribution in [0.15, 0.2) is 24.3 Å². The summed E-state index contributed by atoms with van der Waals surface area (Å²) >= 11 is 5.83. The van der Waals surface area contributed by atoms with Gasteiger partial charge in [-0.05, 0) is 62.5 Å². The number of carbonyl (C=O) groups is 1. The van der Waals surface area contributed by atoms with Gasteiger partial charge in [0.15, 0.2) is 0 Å². The minimum absolute atomic E-state index is 0.109. The van der Waals surface area contributed by atoms with Crippen LogP contribution in [0.4, 0.5) is 4.79 Å². The molecule has 0 spiro atoms. The molecule has 0 unspecified atom stereocenters. The van der Waals surface area contributed by atoms with Gasteiger partial charge in [-0.1, -0.05) is 30.7 Å². The zero-order valence-corrected chi connectivity index (χ0v) is 14.0. The van der Waals surface area contributed by atoms with E-state index in [1.54, 1.807) is 0 Å². The first-order chi connectivity index (χ1) is 10.6. The Morgan fingerprint density at radius 3 is 2.59 bits per heavy atom. The second kappa shape index (κ2) is 9.01. The molecule has 4 nitrogen and oxygen atoms in total. The highest BCUT2D eigenvalue weighted by atomic mass is 35.5. The number of hydrogen-bond acceptors (Lipinski definition) is 2. The van der Waals surface area contributed by atoms with E-state index in [9.17, 15) is 4.79 Å². The van der Waals surface area contributed by atoms with Crippen LogP contribution in [-0.2, 0) is 6.54 Å². The first-order valence-electron chi connectivity index (χ1n) is 8.12. The van der Waals surface area contributed by atoms with Crippen LogP contribution in [0.3, 0.4) is 0 Å². The van der Waals surface area contributed by atoms with Crippen LogP contribution in [0.1, 0.15) is 31.7 Å². The minimum atomic E-state index is -0.109. The van der Waals surface area contributed by atoms with Crippen LogP contribution >= 0.6 is 11.6 Å². The van der Waals surface area contributed by atoms with Crippen LogP contribution in [0.2, 0.25) is 5.02 Å². The lowest BCUT2D eigenvalue weighted by Gasteiger charge is -2.30. The first-order valence-corrected chi connectivity index (χ1v) is 8.50. The summed E-state index contributed by atoms with van der Waals surface area (Å²) in [6.45, 7) is 7.04. The lowest BCUT2D eigenvalue weighted by molar-refractivity contribution is 0.190. The second-order valence-electron chi connectivity index (χ2n) is 6.11. The third-order valence-corrected chi connectivity index (χ3v) is 4.43. The molecule has 0 aromatic heterocycles. The van der Waals surface area contributed by atoms with E-state index in [1.807, 2.05) is 24.3 Å². The molecular formula is C17H26ClN3O. The molecule has 2 amide bonds. The smallest absolute Gasteiger partial charge is 0.315 e. The maximum atomic E-state index is 11.7. The molecule has 0 aliphatic carbocycles. The number of piperidine rings is 1. The summed E-state index contributed by atoms with van der Waals surface area (Å²) in [5, 5.41) is 6.47. The molecular weight excluding hydrogens is 298 g/mol. The molecule has 2 N–H and O–H groups in total. The topological polar surface area (TPSA) is 44.4 Å². The number of halogens is 1. The molecule has 1 aromatic carbocycles. The molecule has 1 heterocycles. The summed E-state index contributed by atoms with van der Waals surface area (Å²) < 4.78 is 0. The van der Waals surface area contributed by atoms with Gasteiger partial charge in [-0.2, -0.15) is 0 Å². The Morgan fingerprint density at radius 2 is 1.91 bits per heavy atom. The van der Waals surface area contributed by atoms with Gasteiger partial charge in [0.25, 0.3) is 0 Å². The standard InChI is InChI=1S/C17H26ClN3O/c1-14-7-11-21(12-8-14)10-2-9-19-17(22)20-13-15-3-5-16(18)6-4-15/h3-6,14H,2,7-13H2,1H3,(H2,19,20,22). The Hall–Kier alpha value is -1.26. The maximum absolute atomic E-state index is 11.7. The van der Waals surface area contributed by atoms with Crippen molar-refractivity contribution in [3.8, 4) is 0 Å². The van der Waals surface area contributed by atoms with Gasteiger partial charge < -0.3 is 15.5 Å².